The van der Waals surface area contributed by atoms with Crippen LogP contribution in [0.1, 0.15) is 25.2 Å². The van der Waals surface area contributed by atoms with Crippen LogP contribution in [0.3, 0.4) is 0 Å². The molecule has 1 aromatic heterocycles. The van der Waals surface area contributed by atoms with Crippen LogP contribution in [0.5, 0.6) is 0 Å². The fourth-order valence-electron chi connectivity index (χ4n) is 1.69. The van der Waals surface area contributed by atoms with Crippen LogP contribution >= 0.6 is 0 Å². The molecule has 2 heterocycles. The zero-order chi connectivity index (χ0) is 9.26. The van der Waals surface area contributed by atoms with Gasteiger partial charge in [-0.1, -0.05) is 0 Å². The molecule has 72 valence electrons. The molecule has 0 radical (unpaired) electrons. The number of hydrogen-bond acceptors (Lipinski definition) is 4. The van der Waals surface area contributed by atoms with E-state index in [2.05, 4.69) is 22.4 Å². The van der Waals surface area contributed by atoms with Gasteiger partial charge in [-0.3, -0.25) is 0 Å². The van der Waals surface area contributed by atoms with E-state index in [9.17, 15) is 5.11 Å². The molecule has 1 aliphatic heterocycles. The molecule has 13 heavy (non-hydrogen) atoms. The van der Waals surface area contributed by atoms with Crippen LogP contribution in [-0.2, 0) is 6.54 Å². The van der Waals surface area contributed by atoms with E-state index in [1.807, 2.05) is 4.57 Å². The topological polar surface area (TPSA) is 63.0 Å². The molecule has 2 N–H and O–H groups in total. The first-order valence-electron chi connectivity index (χ1n) is 4.60. The predicted molar refractivity (Wildman–Crippen MR) is 47.1 cm³/mol. The molecular formula is C8H14N4O. The number of nitrogens with zero attached hydrogens (tertiary/aromatic N) is 3. The number of hydrogen-bond donors (Lipinski definition) is 2. The van der Waals surface area contributed by atoms with Gasteiger partial charge < -0.3 is 15.0 Å². The van der Waals surface area contributed by atoms with Crippen LogP contribution in [0.15, 0.2) is 6.33 Å². The lowest BCUT2D eigenvalue weighted by molar-refractivity contribution is 0.192. The minimum Gasteiger partial charge on any atom is -0.392 e. The summed E-state index contributed by atoms with van der Waals surface area (Å²) < 4.78 is 2.00. The average Bonchev–Trinajstić information content (AvgIpc) is 2.71. The molecule has 1 aliphatic rings. The standard InChI is InChI=1S/C8H14N4O/c1-2-12-5-10-11-8(12)7-3-6(13)4-9-7/h5-7,9,13H,2-4H2,1H3/t6-,7-/m0/s1. The Morgan fingerprint density at radius 1 is 1.77 bits per heavy atom. The molecular weight excluding hydrogens is 168 g/mol. The highest BCUT2D eigenvalue weighted by atomic mass is 16.3. The van der Waals surface area contributed by atoms with Crippen molar-refractivity contribution >= 4 is 0 Å². The van der Waals surface area contributed by atoms with E-state index in [0.717, 1.165) is 18.8 Å². The molecule has 0 spiro atoms. The highest BCUT2D eigenvalue weighted by Gasteiger charge is 2.26. The van der Waals surface area contributed by atoms with Crippen molar-refractivity contribution in [3.63, 3.8) is 0 Å². The van der Waals surface area contributed by atoms with Crippen LogP contribution in [0.25, 0.3) is 0 Å². The van der Waals surface area contributed by atoms with E-state index in [1.54, 1.807) is 6.33 Å². The molecule has 5 nitrogen and oxygen atoms in total. The van der Waals surface area contributed by atoms with Crippen molar-refractivity contribution in [3.8, 4) is 0 Å². The Morgan fingerprint density at radius 2 is 2.62 bits per heavy atom. The lowest BCUT2D eigenvalue weighted by atomic mass is 10.2. The van der Waals surface area contributed by atoms with Gasteiger partial charge in [-0.15, -0.1) is 10.2 Å². The van der Waals surface area contributed by atoms with Crippen LogP contribution < -0.4 is 5.32 Å². The van der Waals surface area contributed by atoms with Gasteiger partial charge in [-0.25, -0.2) is 0 Å². The summed E-state index contributed by atoms with van der Waals surface area (Å²) in [6, 6.07) is 0.164. The second-order valence-corrected chi connectivity index (χ2v) is 3.33. The molecule has 2 atom stereocenters. The van der Waals surface area contributed by atoms with Crippen LogP contribution in [0.2, 0.25) is 0 Å². The smallest absolute Gasteiger partial charge is 0.150 e. The largest absolute Gasteiger partial charge is 0.392 e. The fraction of sp³-hybridized carbons (Fsp3) is 0.750. The summed E-state index contributed by atoms with van der Waals surface area (Å²) in [5, 5.41) is 20.4. The van der Waals surface area contributed by atoms with Gasteiger partial charge >= 0.3 is 0 Å². The number of nitrogens with one attached hydrogen (secondary N) is 1. The first-order valence-corrected chi connectivity index (χ1v) is 4.60. The number of rotatable bonds is 2. The Bertz CT molecular complexity index is 285. The molecule has 0 aromatic carbocycles. The first-order chi connectivity index (χ1) is 6.31. The average molecular weight is 182 g/mol. The fourth-order valence-corrected chi connectivity index (χ4v) is 1.69. The summed E-state index contributed by atoms with van der Waals surface area (Å²) in [5.41, 5.74) is 0. The van der Waals surface area contributed by atoms with Gasteiger partial charge in [0.15, 0.2) is 0 Å². The highest BCUT2D eigenvalue weighted by Crippen LogP contribution is 2.20. The van der Waals surface area contributed by atoms with Gasteiger partial charge in [0.25, 0.3) is 0 Å². The van der Waals surface area contributed by atoms with Gasteiger partial charge in [0.1, 0.15) is 12.2 Å². The van der Waals surface area contributed by atoms with E-state index in [1.165, 1.54) is 0 Å². The molecule has 0 bridgehead atoms. The quantitative estimate of drug-likeness (QED) is 0.658. The number of aliphatic hydroxyl groups is 1. The minimum absolute atomic E-state index is 0.164. The van der Waals surface area contributed by atoms with Crippen molar-refractivity contribution in [2.45, 2.75) is 32.0 Å². The zero-order valence-corrected chi connectivity index (χ0v) is 7.64. The molecule has 1 saturated heterocycles. The van der Waals surface area contributed by atoms with Crippen molar-refractivity contribution < 1.29 is 5.11 Å². The molecule has 0 unspecified atom stereocenters. The summed E-state index contributed by atoms with van der Waals surface area (Å²) in [6.07, 6.45) is 2.22. The number of aromatic nitrogens is 3. The van der Waals surface area contributed by atoms with E-state index in [0.29, 0.717) is 6.54 Å². The van der Waals surface area contributed by atoms with E-state index >= 15 is 0 Å². The van der Waals surface area contributed by atoms with Crippen LogP contribution in [0.4, 0.5) is 0 Å². The lowest BCUT2D eigenvalue weighted by Gasteiger charge is -2.09. The summed E-state index contributed by atoms with van der Waals surface area (Å²) in [7, 11) is 0. The van der Waals surface area contributed by atoms with Gasteiger partial charge in [-0.2, -0.15) is 0 Å². The number of aryl methyl sites for hydroxylation is 1. The van der Waals surface area contributed by atoms with E-state index < -0.39 is 0 Å². The summed E-state index contributed by atoms with van der Waals surface area (Å²) in [6.45, 7) is 3.58. The monoisotopic (exact) mass is 182 g/mol. The molecule has 0 aliphatic carbocycles. The SMILES string of the molecule is CCn1cnnc1[C@@H]1C[C@H](O)CN1. The van der Waals surface area contributed by atoms with Crippen molar-refractivity contribution in [3.05, 3.63) is 12.2 Å². The minimum atomic E-state index is -0.244. The summed E-state index contributed by atoms with van der Waals surface area (Å²) >= 11 is 0. The molecule has 1 aromatic rings. The third-order valence-corrected chi connectivity index (χ3v) is 2.41. The molecule has 0 amide bonds. The predicted octanol–water partition coefficient (Wildman–Crippen LogP) is -0.307. The van der Waals surface area contributed by atoms with Crippen molar-refractivity contribution in [1.82, 2.24) is 20.1 Å². The van der Waals surface area contributed by atoms with Gasteiger partial charge in [-0.05, 0) is 13.3 Å². The van der Waals surface area contributed by atoms with E-state index in [-0.39, 0.29) is 12.1 Å². The first kappa shape index (κ1) is 8.65. The normalized spacial score (nSPS) is 28.2. The Balaban J connectivity index is 2.16. The van der Waals surface area contributed by atoms with Crippen molar-refractivity contribution in [1.29, 1.82) is 0 Å². The van der Waals surface area contributed by atoms with E-state index in [4.69, 9.17) is 0 Å². The Kier molecular flexibility index (Phi) is 2.28. The van der Waals surface area contributed by atoms with Crippen LogP contribution in [0, 0.1) is 0 Å². The maximum absolute atomic E-state index is 9.34. The van der Waals surface area contributed by atoms with Gasteiger partial charge in [0, 0.05) is 13.1 Å². The van der Waals surface area contributed by atoms with Gasteiger partial charge in [0.05, 0.1) is 12.1 Å². The lowest BCUT2D eigenvalue weighted by Crippen LogP contribution is -2.18. The number of aliphatic hydroxyl groups excluding tert-OH is 1. The third-order valence-electron chi connectivity index (χ3n) is 2.41. The highest BCUT2D eigenvalue weighted by molar-refractivity contribution is 4.99. The Morgan fingerprint density at radius 3 is 3.23 bits per heavy atom. The molecule has 1 fully saturated rings. The zero-order valence-electron chi connectivity index (χ0n) is 7.64. The van der Waals surface area contributed by atoms with Crippen molar-refractivity contribution in [2.24, 2.45) is 0 Å². The maximum Gasteiger partial charge on any atom is 0.150 e. The van der Waals surface area contributed by atoms with Crippen molar-refractivity contribution in [2.75, 3.05) is 6.54 Å². The van der Waals surface area contributed by atoms with Crippen LogP contribution in [-0.4, -0.2) is 32.5 Å². The molecule has 5 heteroatoms. The summed E-state index contributed by atoms with van der Waals surface area (Å²) in [4.78, 5) is 0. The summed E-state index contributed by atoms with van der Waals surface area (Å²) in [5.74, 6) is 0.930. The molecule has 0 saturated carbocycles. The Hall–Kier alpha value is -0.940. The molecule has 2 rings (SSSR count). The second kappa shape index (κ2) is 3.43. The number of β-amino-alcohol motifs (C(OH)–C–C–N with tert-alkyl or cyclic N) is 1. The second-order valence-electron chi connectivity index (χ2n) is 3.33. The van der Waals surface area contributed by atoms with Gasteiger partial charge in [0.2, 0.25) is 0 Å². The Labute approximate surface area is 76.8 Å². The third kappa shape index (κ3) is 1.57. The maximum atomic E-state index is 9.34.